The van der Waals surface area contributed by atoms with Crippen LogP contribution in [0.3, 0.4) is 0 Å². The quantitative estimate of drug-likeness (QED) is 0.713. The van der Waals surface area contributed by atoms with E-state index in [-0.39, 0.29) is 0 Å². The van der Waals surface area contributed by atoms with Crippen LogP contribution in [0.25, 0.3) is 0 Å². The third-order valence-corrected chi connectivity index (χ3v) is 4.69. The molecule has 0 radical (unpaired) electrons. The summed E-state index contributed by atoms with van der Waals surface area (Å²) in [6.07, 6.45) is 6.58. The molecular formula is C16H23BrO2. The maximum Gasteiger partial charge on any atom is 0.161 e. The molecule has 0 spiro atoms. The van der Waals surface area contributed by atoms with E-state index in [2.05, 4.69) is 28.9 Å². The molecular weight excluding hydrogens is 304 g/mol. The fourth-order valence-electron chi connectivity index (χ4n) is 2.73. The number of ether oxygens (including phenoxy) is 2. The second-order valence-corrected chi connectivity index (χ2v) is 5.85. The van der Waals surface area contributed by atoms with E-state index in [1.807, 2.05) is 12.1 Å². The van der Waals surface area contributed by atoms with Crippen molar-refractivity contribution in [3.63, 3.8) is 0 Å². The molecule has 0 unspecified atom stereocenters. The Bertz CT molecular complexity index is 398. The fraction of sp³-hybridized carbons (Fsp3) is 0.625. The Morgan fingerprint density at radius 3 is 2.47 bits per heavy atom. The van der Waals surface area contributed by atoms with Crippen molar-refractivity contribution in [1.82, 2.24) is 0 Å². The van der Waals surface area contributed by atoms with Crippen molar-refractivity contribution < 1.29 is 9.47 Å². The van der Waals surface area contributed by atoms with E-state index in [9.17, 15) is 0 Å². The van der Waals surface area contributed by atoms with Crippen molar-refractivity contribution in [1.29, 1.82) is 0 Å². The number of benzene rings is 1. The molecule has 0 bridgehead atoms. The standard InChI is InChI=1S/C16H23BrO2/c1-3-12-4-7-14(8-5-12)19-15-9-6-13(11-17)10-16(15)18-2/h6,9-10,12,14H,3-5,7-8,11H2,1-2H3. The molecule has 1 aromatic rings. The van der Waals surface area contributed by atoms with Crippen molar-refractivity contribution in [2.24, 2.45) is 5.92 Å². The van der Waals surface area contributed by atoms with E-state index in [4.69, 9.17) is 9.47 Å². The first-order valence-corrected chi connectivity index (χ1v) is 8.28. The van der Waals surface area contributed by atoms with Crippen LogP contribution in [0.2, 0.25) is 0 Å². The summed E-state index contributed by atoms with van der Waals surface area (Å²) in [5.74, 6) is 2.62. The number of rotatable bonds is 5. The largest absolute Gasteiger partial charge is 0.493 e. The van der Waals surface area contributed by atoms with Gasteiger partial charge in [0.25, 0.3) is 0 Å². The van der Waals surface area contributed by atoms with Crippen LogP contribution in [0.5, 0.6) is 11.5 Å². The molecule has 0 N–H and O–H groups in total. The molecule has 0 heterocycles. The van der Waals surface area contributed by atoms with Gasteiger partial charge in [-0.2, -0.15) is 0 Å². The lowest BCUT2D eigenvalue weighted by atomic mass is 9.86. The first-order chi connectivity index (χ1) is 9.26. The van der Waals surface area contributed by atoms with Gasteiger partial charge in [-0.1, -0.05) is 35.3 Å². The molecule has 1 aliphatic rings. The van der Waals surface area contributed by atoms with E-state index in [1.165, 1.54) is 37.7 Å². The minimum atomic E-state index is 0.353. The summed E-state index contributed by atoms with van der Waals surface area (Å²) in [7, 11) is 1.70. The number of halogens is 1. The minimum absolute atomic E-state index is 0.353. The van der Waals surface area contributed by atoms with Crippen LogP contribution in [-0.4, -0.2) is 13.2 Å². The number of alkyl halides is 1. The predicted octanol–water partition coefficient (Wildman–Crippen LogP) is 4.94. The smallest absolute Gasteiger partial charge is 0.161 e. The molecule has 0 atom stereocenters. The maximum atomic E-state index is 6.13. The fourth-order valence-corrected chi connectivity index (χ4v) is 3.08. The zero-order chi connectivity index (χ0) is 13.7. The summed E-state index contributed by atoms with van der Waals surface area (Å²) >= 11 is 3.46. The normalized spacial score (nSPS) is 23.1. The SMILES string of the molecule is CCC1CCC(Oc2ccc(CBr)cc2OC)CC1. The van der Waals surface area contributed by atoms with Crippen LogP contribution < -0.4 is 9.47 Å². The molecule has 0 saturated heterocycles. The first kappa shape index (κ1) is 14.7. The Labute approximate surface area is 124 Å². The Hall–Kier alpha value is -0.700. The van der Waals surface area contributed by atoms with Crippen LogP contribution in [0, 0.1) is 5.92 Å². The summed E-state index contributed by atoms with van der Waals surface area (Å²) in [6, 6.07) is 6.16. The molecule has 2 rings (SSSR count). The number of methoxy groups -OCH3 is 1. The van der Waals surface area contributed by atoms with Gasteiger partial charge in [0.2, 0.25) is 0 Å². The second kappa shape index (κ2) is 7.18. The van der Waals surface area contributed by atoms with Crippen LogP contribution >= 0.6 is 15.9 Å². The summed E-state index contributed by atoms with van der Waals surface area (Å²) < 4.78 is 11.6. The molecule has 1 fully saturated rings. The molecule has 1 aromatic carbocycles. The predicted molar refractivity (Wildman–Crippen MR) is 82.3 cm³/mol. The Kier molecular flexibility index (Phi) is 5.56. The number of hydrogen-bond acceptors (Lipinski definition) is 2. The first-order valence-electron chi connectivity index (χ1n) is 7.16. The average molecular weight is 327 g/mol. The molecule has 0 aromatic heterocycles. The number of hydrogen-bond donors (Lipinski definition) is 0. The highest BCUT2D eigenvalue weighted by Gasteiger charge is 2.22. The van der Waals surface area contributed by atoms with Crippen LogP contribution in [-0.2, 0) is 5.33 Å². The highest BCUT2D eigenvalue weighted by Crippen LogP contribution is 2.34. The highest BCUT2D eigenvalue weighted by atomic mass is 79.9. The Morgan fingerprint density at radius 2 is 1.89 bits per heavy atom. The Morgan fingerprint density at radius 1 is 1.16 bits per heavy atom. The van der Waals surface area contributed by atoms with Crippen molar-refractivity contribution in [3.8, 4) is 11.5 Å². The lowest BCUT2D eigenvalue weighted by molar-refractivity contribution is 0.126. The molecule has 106 valence electrons. The molecule has 2 nitrogen and oxygen atoms in total. The monoisotopic (exact) mass is 326 g/mol. The van der Waals surface area contributed by atoms with E-state index < -0.39 is 0 Å². The molecule has 3 heteroatoms. The molecule has 19 heavy (non-hydrogen) atoms. The molecule has 1 aliphatic carbocycles. The summed E-state index contributed by atoms with van der Waals surface area (Å²) in [6.45, 7) is 2.29. The second-order valence-electron chi connectivity index (χ2n) is 5.29. The van der Waals surface area contributed by atoms with E-state index in [1.54, 1.807) is 7.11 Å². The lowest BCUT2D eigenvalue weighted by Gasteiger charge is -2.28. The zero-order valence-corrected chi connectivity index (χ0v) is 13.4. The third kappa shape index (κ3) is 3.88. The molecule has 1 saturated carbocycles. The van der Waals surface area contributed by atoms with Crippen molar-refractivity contribution in [2.75, 3.05) is 7.11 Å². The van der Waals surface area contributed by atoms with Gasteiger partial charge in [0, 0.05) is 5.33 Å². The maximum absolute atomic E-state index is 6.13. The highest BCUT2D eigenvalue weighted by molar-refractivity contribution is 9.08. The van der Waals surface area contributed by atoms with Gasteiger partial charge < -0.3 is 9.47 Å². The van der Waals surface area contributed by atoms with Gasteiger partial charge >= 0.3 is 0 Å². The van der Waals surface area contributed by atoms with Gasteiger partial charge in [0.15, 0.2) is 11.5 Å². The van der Waals surface area contributed by atoms with E-state index >= 15 is 0 Å². The van der Waals surface area contributed by atoms with E-state index in [0.29, 0.717) is 6.10 Å². The summed E-state index contributed by atoms with van der Waals surface area (Å²) in [5, 5.41) is 0.839. The van der Waals surface area contributed by atoms with Crippen molar-refractivity contribution in [3.05, 3.63) is 23.8 Å². The lowest BCUT2D eigenvalue weighted by Crippen LogP contribution is -2.24. The van der Waals surface area contributed by atoms with Gasteiger partial charge in [-0.15, -0.1) is 0 Å². The van der Waals surface area contributed by atoms with E-state index in [0.717, 1.165) is 22.7 Å². The summed E-state index contributed by atoms with van der Waals surface area (Å²) in [4.78, 5) is 0. The van der Waals surface area contributed by atoms with Crippen LogP contribution in [0.4, 0.5) is 0 Å². The van der Waals surface area contributed by atoms with Gasteiger partial charge in [-0.3, -0.25) is 0 Å². The van der Waals surface area contributed by atoms with Gasteiger partial charge in [-0.05, 0) is 49.3 Å². The van der Waals surface area contributed by atoms with Crippen molar-refractivity contribution in [2.45, 2.75) is 50.5 Å². The van der Waals surface area contributed by atoms with Gasteiger partial charge in [0.05, 0.1) is 13.2 Å². The minimum Gasteiger partial charge on any atom is -0.493 e. The topological polar surface area (TPSA) is 18.5 Å². The third-order valence-electron chi connectivity index (χ3n) is 4.05. The van der Waals surface area contributed by atoms with Crippen LogP contribution in [0.1, 0.15) is 44.6 Å². The summed E-state index contributed by atoms with van der Waals surface area (Å²) in [5.41, 5.74) is 1.21. The van der Waals surface area contributed by atoms with Crippen molar-refractivity contribution >= 4 is 15.9 Å². The zero-order valence-electron chi connectivity index (χ0n) is 11.8. The van der Waals surface area contributed by atoms with Crippen LogP contribution in [0.15, 0.2) is 18.2 Å². The van der Waals surface area contributed by atoms with Gasteiger partial charge in [0.1, 0.15) is 0 Å². The molecule has 0 aliphatic heterocycles. The van der Waals surface area contributed by atoms with Gasteiger partial charge in [-0.25, -0.2) is 0 Å². The Balaban J connectivity index is 1.99. The molecule has 0 amide bonds. The average Bonchev–Trinajstić information content (AvgIpc) is 2.48.